The topological polar surface area (TPSA) is 75.4 Å². The number of hydrogen-bond acceptors (Lipinski definition) is 4. The SMILES string of the molecule is O=C(/C=C/c1nc2ccccc2o1)NCC(O)C(F)F. The minimum atomic E-state index is -2.89. The number of aliphatic hydroxyl groups excluding tert-OH is 1. The smallest absolute Gasteiger partial charge is 0.265 e. The van der Waals surface area contributed by atoms with Crippen molar-refractivity contribution >= 4 is 23.1 Å². The summed E-state index contributed by atoms with van der Waals surface area (Å²) in [6.07, 6.45) is -2.35. The van der Waals surface area contributed by atoms with Gasteiger partial charge in [0.25, 0.3) is 6.43 Å². The number of hydrogen-bond donors (Lipinski definition) is 2. The van der Waals surface area contributed by atoms with Gasteiger partial charge in [0.05, 0.1) is 0 Å². The molecule has 0 saturated carbocycles. The zero-order chi connectivity index (χ0) is 14.5. The fourth-order valence-corrected chi connectivity index (χ4v) is 1.46. The van der Waals surface area contributed by atoms with Crippen LogP contribution in [0.15, 0.2) is 34.8 Å². The number of halogens is 2. The lowest BCUT2D eigenvalue weighted by Gasteiger charge is -2.08. The van der Waals surface area contributed by atoms with Gasteiger partial charge in [0, 0.05) is 18.7 Å². The van der Waals surface area contributed by atoms with E-state index in [0.29, 0.717) is 11.1 Å². The number of aliphatic hydroxyl groups is 1. The van der Waals surface area contributed by atoms with Crippen molar-refractivity contribution in [2.75, 3.05) is 6.54 Å². The lowest BCUT2D eigenvalue weighted by molar-refractivity contribution is -0.117. The maximum atomic E-state index is 12.0. The van der Waals surface area contributed by atoms with E-state index in [1.165, 1.54) is 6.08 Å². The van der Waals surface area contributed by atoms with Crippen LogP contribution in [0.2, 0.25) is 0 Å². The second-order valence-electron chi connectivity index (χ2n) is 4.00. The molecule has 7 heteroatoms. The average Bonchev–Trinajstić information content (AvgIpc) is 2.85. The van der Waals surface area contributed by atoms with E-state index in [1.54, 1.807) is 24.3 Å². The van der Waals surface area contributed by atoms with Gasteiger partial charge in [0.2, 0.25) is 11.8 Å². The Morgan fingerprint density at radius 1 is 1.45 bits per heavy atom. The molecule has 0 aliphatic carbocycles. The van der Waals surface area contributed by atoms with E-state index in [0.717, 1.165) is 6.08 Å². The van der Waals surface area contributed by atoms with Gasteiger partial charge < -0.3 is 14.8 Å². The highest BCUT2D eigenvalue weighted by molar-refractivity contribution is 5.91. The third-order valence-corrected chi connectivity index (χ3v) is 2.46. The van der Waals surface area contributed by atoms with Crippen molar-refractivity contribution in [1.82, 2.24) is 10.3 Å². The molecular weight excluding hydrogens is 270 g/mol. The summed E-state index contributed by atoms with van der Waals surface area (Å²) < 4.78 is 29.3. The molecule has 1 aromatic carbocycles. The Labute approximate surface area is 112 Å². The van der Waals surface area contributed by atoms with Crippen molar-refractivity contribution in [2.45, 2.75) is 12.5 Å². The fraction of sp³-hybridized carbons (Fsp3) is 0.231. The van der Waals surface area contributed by atoms with Gasteiger partial charge in [-0.15, -0.1) is 0 Å². The van der Waals surface area contributed by atoms with Gasteiger partial charge in [-0.3, -0.25) is 4.79 Å². The van der Waals surface area contributed by atoms with Crippen molar-refractivity contribution in [3.63, 3.8) is 0 Å². The molecule has 20 heavy (non-hydrogen) atoms. The number of nitrogens with zero attached hydrogens (tertiary/aromatic N) is 1. The Kier molecular flexibility index (Phi) is 4.41. The van der Waals surface area contributed by atoms with Crippen LogP contribution < -0.4 is 5.32 Å². The minimum Gasteiger partial charge on any atom is -0.437 e. The number of alkyl halides is 2. The molecule has 0 radical (unpaired) electrons. The zero-order valence-electron chi connectivity index (χ0n) is 10.3. The molecule has 106 valence electrons. The van der Waals surface area contributed by atoms with E-state index in [4.69, 9.17) is 9.52 Å². The van der Waals surface area contributed by atoms with Crippen LogP contribution in [-0.2, 0) is 4.79 Å². The molecule has 0 bridgehead atoms. The first-order valence-corrected chi connectivity index (χ1v) is 5.84. The standard InChI is InChI=1S/C13H12F2N2O3/c14-13(15)9(18)7-16-11(19)5-6-12-17-8-3-1-2-4-10(8)20-12/h1-6,9,13,18H,7H2,(H,16,19)/b6-5+. The maximum absolute atomic E-state index is 12.0. The summed E-state index contributed by atoms with van der Waals surface area (Å²) in [4.78, 5) is 15.4. The minimum absolute atomic E-state index is 0.232. The number of benzene rings is 1. The summed E-state index contributed by atoms with van der Waals surface area (Å²) in [6, 6.07) is 7.09. The number of para-hydroxylation sites is 2. The van der Waals surface area contributed by atoms with Crippen LogP contribution in [0, 0.1) is 0 Å². The van der Waals surface area contributed by atoms with Crippen LogP contribution in [0.25, 0.3) is 17.2 Å². The summed E-state index contributed by atoms with van der Waals surface area (Å²) >= 11 is 0. The summed E-state index contributed by atoms with van der Waals surface area (Å²) in [5.74, 6) is -0.386. The van der Waals surface area contributed by atoms with E-state index in [-0.39, 0.29) is 5.89 Å². The van der Waals surface area contributed by atoms with Crippen LogP contribution in [0.3, 0.4) is 0 Å². The number of aromatic nitrogens is 1. The number of carbonyl (C=O) groups excluding carboxylic acids is 1. The van der Waals surface area contributed by atoms with E-state index >= 15 is 0 Å². The number of amides is 1. The Morgan fingerprint density at radius 2 is 2.20 bits per heavy atom. The molecule has 5 nitrogen and oxygen atoms in total. The second kappa shape index (κ2) is 6.25. The first kappa shape index (κ1) is 14.1. The third kappa shape index (κ3) is 3.61. The van der Waals surface area contributed by atoms with Crippen LogP contribution in [0.1, 0.15) is 5.89 Å². The zero-order valence-corrected chi connectivity index (χ0v) is 10.3. The maximum Gasteiger partial charge on any atom is 0.265 e. The van der Waals surface area contributed by atoms with E-state index in [1.807, 2.05) is 0 Å². The van der Waals surface area contributed by atoms with Crippen LogP contribution in [0.4, 0.5) is 8.78 Å². The predicted molar refractivity (Wildman–Crippen MR) is 68.1 cm³/mol. The van der Waals surface area contributed by atoms with Crippen LogP contribution in [-0.4, -0.2) is 35.1 Å². The number of nitrogens with one attached hydrogen (secondary N) is 1. The van der Waals surface area contributed by atoms with Crippen molar-refractivity contribution in [3.8, 4) is 0 Å². The molecule has 0 aliphatic rings. The highest BCUT2D eigenvalue weighted by Gasteiger charge is 2.16. The number of oxazole rings is 1. The van der Waals surface area contributed by atoms with E-state index in [9.17, 15) is 13.6 Å². The van der Waals surface area contributed by atoms with Gasteiger partial charge in [0.1, 0.15) is 11.6 Å². The average molecular weight is 282 g/mol. The monoisotopic (exact) mass is 282 g/mol. The molecule has 0 saturated heterocycles. The normalized spacial score (nSPS) is 13.2. The molecule has 0 fully saturated rings. The Hall–Kier alpha value is -2.28. The van der Waals surface area contributed by atoms with Crippen LogP contribution in [0.5, 0.6) is 0 Å². The molecule has 1 atom stereocenters. The molecule has 2 rings (SSSR count). The number of fused-ring (bicyclic) bond motifs is 1. The third-order valence-electron chi connectivity index (χ3n) is 2.46. The molecule has 1 amide bonds. The van der Waals surface area contributed by atoms with Crippen molar-refractivity contribution in [3.05, 3.63) is 36.2 Å². The Bertz CT molecular complexity index is 592. The molecule has 1 unspecified atom stereocenters. The van der Waals surface area contributed by atoms with Crippen LogP contribution >= 0.6 is 0 Å². The highest BCUT2D eigenvalue weighted by Crippen LogP contribution is 2.15. The van der Waals surface area contributed by atoms with E-state index in [2.05, 4.69) is 10.3 Å². The molecule has 2 aromatic rings. The molecule has 1 aromatic heterocycles. The quantitative estimate of drug-likeness (QED) is 0.816. The molecule has 0 spiro atoms. The molecule has 1 heterocycles. The lowest BCUT2D eigenvalue weighted by Crippen LogP contribution is -2.34. The number of rotatable bonds is 5. The second-order valence-corrected chi connectivity index (χ2v) is 4.00. The first-order chi connectivity index (χ1) is 9.56. The fourth-order valence-electron chi connectivity index (χ4n) is 1.46. The van der Waals surface area contributed by atoms with Gasteiger partial charge in [-0.05, 0) is 12.1 Å². The largest absolute Gasteiger partial charge is 0.437 e. The molecule has 0 aliphatic heterocycles. The highest BCUT2D eigenvalue weighted by atomic mass is 19.3. The van der Waals surface area contributed by atoms with Crippen molar-refractivity contribution in [2.24, 2.45) is 0 Å². The Morgan fingerprint density at radius 3 is 2.90 bits per heavy atom. The van der Waals surface area contributed by atoms with Gasteiger partial charge in [-0.25, -0.2) is 13.8 Å². The summed E-state index contributed by atoms with van der Waals surface area (Å²) in [5, 5.41) is 11.0. The predicted octanol–water partition coefficient (Wildman–Crippen LogP) is 1.58. The van der Waals surface area contributed by atoms with Crippen molar-refractivity contribution in [1.29, 1.82) is 0 Å². The summed E-state index contributed by atoms with van der Waals surface area (Å²) in [7, 11) is 0. The van der Waals surface area contributed by atoms with Gasteiger partial charge in [-0.2, -0.15) is 0 Å². The Balaban J connectivity index is 1.93. The van der Waals surface area contributed by atoms with E-state index < -0.39 is 25.0 Å². The summed E-state index contributed by atoms with van der Waals surface area (Å²) in [5.41, 5.74) is 1.24. The molecule has 2 N–H and O–H groups in total. The molecular formula is C13H12F2N2O3. The van der Waals surface area contributed by atoms with Crippen molar-refractivity contribution < 1.29 is 23.1 Å². The summed E-state index contributed by atoms with van der Waals surface area (Å²) in [6.45, 7) is -0.519. The van der Waals surface area contributed by atoms with Gasteiger partial charge >= 0.3 is 0 Å². The van der Waals surface area contributed by atoms with Gasteiger partial charge in [-0.1, -0.05) is 12.1 Å². The van der Waals surface area contributed by atoms with Gasteiger partial charge in [0.15, 0.2) is 5.58 Å². The lowest BCUT2D eigenvalue weighted by atomic mass is 10.3. The first-order valence-electron chi connectivity index (χ1n) is 5.84. The number of carbonyl (C=O) groups is 1.